The number of rotatable bonds is 2. The standard InChI is InChI=1S/C8H6N4O3/c13-8(6-5-10-15-12(6)14)11-7-3-1-2-4-9-7/h1-5H,(H,9,11,13). The van der Waals surface area contributed by atoms with Gasteiger partial charge >= 0.3 is 5.91 Å². The maximum atomic E-state index is 11.4. The molecule has 1 N–H and O–H groups in total. The fourth-order valence-electron chi connectivity index (χ4n) is 0.966. The third-order valence-corrected chi connectivity index (χ3v) is 1.63. The van der Waals surface area contributed by atoms with Gasteiger partial charge in [0.05, 0.1) is 0 Å². The van der Waals surface area contributed by atoms with Gasteiger partial charge in [0.25, 0.3) is 5.69 Å². The van der Waals surface area contributed by atoms with Crippen molar-refractivity contribution in [2.75, 3.05) is 5.32 Å². The Kier molecular flexibility index (Phi) is 2.28. The van der Waals surface area contributed by atoms with E-state index in [0.29, 0.717) is 5.82 Å². The second-order valence-electron chi connectivity index (χ2n) is 2.63. The van der Waals surface area contributed by atoms with E-state index >= 15 is 0 Å². The molecule has 2 aromatic heterocycles. The molecule has 0 aliphatic carbocycles. The van der Waals surface area contributed by atoms with Gasteiger partial charge in [0.15, 0.2) is 0 Å². The zero-order valence-electron chi connectivity index (χ0n) is 7.45. The molecule has 0 aromatic carbocycles. The van der Waals surface area contributed by atoms with E-state index in [1.165, 1.54) is 6.20 Å². The van der Waals surface area contributed by atoms with E-state index in [2.05, 4.69) is 20.1 Å². The van der Waals surface area contributed by atoms with Crippen LogP contribution in [0.25, 0.3) is 0 Å². The molecule has 0 radical (unpaired) electrons. The first-order chi connectivity index (χ1) is 7.27. The highest BCUT2D eigenvalue weighted by molar-refractivity contribution is 6.00. The van der Waals surface area contributed by atoms with Crippen molar-refractivity contribution in [3.05, 3.63) is 41.5 Å². The second-order valence-corrected chi connectivity index (χ2v) is 2.63. The summed E-state index contributed by atoms with van der Waals surface area (Å²) in [5, 5.41) is 16.5. The smallest absolute Gasteiger partial charge is 0.305 e. The summed E-state index contributed by atoms with van der Waals surface area (Å²) >= 11 is 0. The van der Waals surface area contributed by atoms with Crippen molar-refractivity contribution in [2.45, 2.75) is 0 Å². The van der Waals surface area contributed by atoms with Crippen LogP contribution in [0.3, 0.4) is 0 Å². The summed E-state index contributed by atoms with van der Waals surface area (Å²) in [6, 6.07) is 5.02. The van der Waals surface area contributed by atoms with Crippen LogP contribution in [-0.2, 0) is 0 Å². The van der Waals surface area contributed by atoms with E-state index in [1.54, 1.807) is 18.2 Å². The van der Waals surface area contributed by atoms with Crippen molar-refractivity contribution in [1.82, 2.24) is 10.1 Å². The number of amides is 1. The van der Waals surface area contributed by atoms with E-state index in [0.717, 1.165) is 6.20 Å². The maximum Gasteiger partial charge on any atom is 0.305 e. The monoisotopic (exact) mass is 206 g/mol. The van der Waals surface area contributed by atoms with Crippen LogP contribution in [0.4, 0.5) is 5.82 Å². The SMILES string of the molecule is O=C(Nc1ccccn1)c1cno[n+]1[O-]. The first-order valence-corrected chi connectivity index (χ1v) is 4.04. The third kappa shape index (κ3) is 1.90. The van der Waals surface area contributed by atoms with Crippen molar-refractivity contribution in [2.24, 2.45) is 0 Å². The van der Waals surface area contributed by atoms with Crippen molar-refractivity contribution < 1.29 is 14.3 Å². The number of nitrogens with one attached hydrogen (secondary N) is 1. The van der Waals surface area contributed by atoms with Crippen molar-refractivity contribution in [3.63, 3.8) is 0 Å². The van der Waals surface area contributed by atoms with Gasteiger partial charge in [0.1, 0.15) is 5.82 Å². The Bertz CT molecular complexity index is 468. The van der Waals surface area contributed by atoms with Crippen LogP contribution < -0.4 is 10.2 Å². The highest BCUT2D eigenvalue weighted by Gasteiger charge is 2.17. The molecule has 0 fully saturated rings. The predicted molar refractivity (Wildman–Crippen MR) is 47.7 cm³/mol. The van der Waals surface area contributed by atoms with Crippen LogP contribution in [0.5, 0.6) is 0 Å². The highest BCUT2D eigenvalue weighted by atomic mass is 16.8. The number of hydrogen-bond acceptors (Lipinski definition) is 5. The minimum Gasteiger partial charge on any atom is -0.359 e. The van der Waals surface area contributed by atoms with E-state index in [4.69, 9.17) is 0 Å². The minimum absolute atomic E-state index is 0.0261. The number of nitrogens with zero attached hydrogens (tertiary/aromatic N) is 3. The van der Waals surface area contributed by atoms with Crippen LogP contribution >= 0.6 is 0 Å². The number of aromatic nitrogens is 3. The molecule has 0 saturated heterocycles. The average molecular weight is 206 g/mol. The molecule has 2 rings (SSSR count). The zero-order valence-corrected chi connectivity index (χ0v) is 7.45. The topological polar surface area (TPSA) is 95.0 Å². The molecule has 0 aliphatic rings. The van der Waals surface area contributed by atoms with Crippen LogP contribution in [0.15, 0.2) is 35.2 Å². The normalized spacial score (nSPS) is 9.87. The van der Waals surface area contributed by atoms with Gasteiger partial charge < -0.3 is 10.5 Å². The Hall–Kier alpha value is -2.44. The van der Waals surface area contributed by atoms with Gasteiger partial charge in [-0.15, -0.1) is 0 Å². The second kappa shape index (κ2) is 3.74. The highest BCUT2D eigenvalue weighted by Crippen LogP contribution is 2.01. The summed E-state index contributed by atoms with van der Waals surface area (Å²) in [6.45, 7) is 0. The average Bonchev–Trinajstić information content (AvgIpc) is 2.66. The van der Waals surface area contributed by atoms with Gasteiger partial charge in [-0.25, -0.2) is 4.98 Å². The van der Waals surface area contributed by atoms with Gasteiger partial charge in [-0.3, -0.25) is 9.42 Å². The molecule has 0 unspecified atom stereocenters. The fraction of sp³-hybridized carbons (Fsp3) is 0. The summed E-state index contributed by atoms with van der Waals surface area (Å²) in [5.41, 5.74) is -0.222. The van der Waals surface area contributed by atoms with Crippen molar-refractivity contribution in [3.8, 4) is 0 Å². The molecule has 0 aliphatic heterocycles. The molecule has 2 aromatic rings. The quantitative estimate of drug-likeness (QED) is 0.695. The molecule has 7 heteroatoms. The summed E-state index contributed by atoms with van der Waals surface area (Å²) < 4.78 is 4.15. The zero-order chi connectivity index (χ0) is 10.7. The molecular formula is C8H6N4O3. The molecule has 7 nitrogen and oxygen atoms in total. The molecule has 1 amide bonds. The van der Waals surface area contributed by atoms with Gasteiger partial charge in [0.2, 0.25) is 6.20 Å². The summed E-state index contributed by atoms with van der Waals surface area (Å²) in [6.07, 6.45) is 2.56. The van der Waals surface area contributed by atoms with Crippen LogP contribution in [0, 0.1) is 5.21 Å². The number of pyridine rings is 1. The maximum absolute atomic E-state index is 11.4. The number of carbonyl (C=O) groups excluding carboxylic acids is 1. The largest absolute Gasteiger partial charge is 0.359 e. The van der Waals surface area contributed by atoms with Crippen molar-refractivity contribution >= 4 is 11.7 Å². The molecule has 0 spiro atoms. The first-order valence-electron chi connectivity index (χ1n) is 4.04. The van der Waals surface area contributed by atoms with Crippen LogP contribution in [0.2, 0.25) is 0 Å². The molecule has 15 heavy (non-hydrogen) atoms. The van der Waals surface area contributed by atoms with E-state index in [9.17, 15) is 10.0 Å². The lowest BCUT2D eigenvalue weighted by Crippen LogP contribution is -2.33. The Morgan fingerprint density at radius 1 is 1.53 bits per heavy atom. The Morgan fingerprint density at radius 3 is 3.00 bits per heavy atom. The number of carbonyl (C=O) groups is 1. The Labute approximate surface area is 83.9 Å². The van der Waals surface area contributed by atoms with E-state index in [1.807, 2.05) is 0 Å². The molecule has 0 saturated carbocycles. The number of hydrogen-bond donors (Lipinski definition) is 1. The number of anilines is 1. The van der Waals surface area contributed by atoms with Gasteiger partial charge in [-0.2, -0.15) is 0 Å². The lowest BCUT2D eigenvalue weighted by atomic mass is 10.4. The molecule has 2 heterocycles. The fourth-order valence-corrected chi connectivity index (χ4v) is 0.966. The Morgan fingerprint density at radius 2 is 2.40 bits per heavy atom. The van der Waals surface area contributed by atoms with Gasteiger partial charge in [-0.05, 0) is 17.0 Å². The van der Waals surface area contributed by atoms with Gasteiger partial charge in [-0.1, -0.05) is 6.07 Å². The summed E-state index contributed by atoms with van der Waals surface area (Å²) in [4.78, 5) is 15.3. The van der Waals surface area contributed by atoms with Crippen LogP contribution in [-0.4, -0.2) is 16.0 Å². The van der Waals surface area contributed by atoms with Crippen molar-refractivity contribution in [1.29, 1.82) is 0 Å². The van der Waals surface area contributed by atoms with Gasteiger partial charge in [0, 0.05) is 11.4 Å². The first kappa shape index (κ1) is 9.13. The molecular weight excluding hydrogens is 200 g/mol. The summed E-state index contributed by atoms with van der Waals surface area (Å²) in [7, 11) is 0. The molecule has 0 bridgehead atoms. The lowest BCUT2D eigenvalue weighted by Gasteiger charge is -1.99. The summed E-state index contributed by atoms with van der Waals surface area (Å²) in [5.74, 6) is -0.270. The van der Waals surface area contributed by atoms with E-state index < -0.39 is 5.91 Å². The Balaban J connectivity index is 2.15. The van der Waals surface area contributed by atoms with E-state index in [-0.39, 0.29) is 10.6 Å². The lowest BCUT2D eigenvalue weighted by molar-refractivity contribution is -0.803. The third-order valence-electron chi connectivity index (χ3n) is 1.63. The minimum atomic E-state index is -0.620. The predicted octanol–water partition coefficient (Wildman–Crippen LogP) is -0.0447. The molecule has 76 valence electrons. The van der Waals surface area contributed by atoms with Crippen LogP contribution in [0.1, 0.15) is 10.5 Å². The molecule has 0 atom stereocenters.